The maximum atomic E-state index is 14.2. The summed E-state index contributed by atoms with van der Waals surface area (Å²) >= 11 is 0. The standard InChI is InChI=1S/C40H70N6O6/c1-14-27(4)35(45(11)38(49)34(26(2)3)42-39(50)40(6,7)25-43(8)9)32(51-12)24-33(47)46-21-16-19-31(46)36(52-13)28(5)37(48)44(10)22-20-29-17-15-18-30(41)23-29/h15,17-18,23,26-28,31-32,34-36H,14,16,19-22,24-25,41H2,1-13H3,(H,42,50)/t27-,28+,31-,32+,34-,35-,36+/m0/s1. The molecule has 12 heteroatoms. The predicted octanol–water partition coefficient (Wildman–Crippen LogP) is 3.92. The average Bonchev–Trinajstić information content (AvgIpc) is 3.57. The van der Waals surface area contributed by atoms with Gasteiger partial charge in [0.15, 0.2) is 0 Å². The highest BCUT2D eigenvalue weighted by atomic mass is 16.5. The number of carbonyl (C=O) groups excluding carboxylic acids is 4. The third kappa shape index (κ3) is 11.9. The smallest absolute Gasteiger partial charge is 0.245 e. The summed E-state index contributed by atoms with van der Waals surface area (Å²) in [5.74, 6) is -1.18. The van der Waals surface area contributed by atoms with Gasteiger partial charge in [-0.05, 0) is 76.7 Å². The lowest BCUT2D eigenvalue weighted by Crippen LogP contribution is -2.59. The fourth-order valence-electron chi connectivity index (χ4n) is 7.73. The molecular formula is C40H70N6O6. The minimum absolute atomic E-state index is 0.00185. The van der Waals surface area contributed by atoms with Gasteiger partial charge in [0.25, 0.3) is 0 Å². The van der Waals surface area contributed by atoms with Crippen LogP contribution in [0.3, 0.4) is 0 Å². The molecule has 1 aromatic carbocycles. The van der Waals surface area contributed by atoms with E-state index in [0.717, 1.165) is 24.8 Å². The van der Waals surface area contributed by atoms with E-state index >= 15 is 0 Å². The van der Waals surface area contributed by atoms with E-state index in [2.05, 4.69) is 19.2 Å². The average molecular weight is 731 g/mol. The molecule has 296 valence electrons. The summed E-state index contributed by atoms with van der Waals surface area (Å²) in [5, 5.41) is 3.04. The Hall–Kier alpha value is -3.22. The second-order valence-electron chi connectivity index (χ2n) is 16.2. The van der Waals surface area contributed by atoms with Crippen LogP contribution in [-0.4, -0.2) is 136 Å². The van der Waals surface area contributed by atoms with Crippen molar-refractivity contribution in [1.29, 1.82) is 0 Å². The Balaban J connectivity index is 2.23. The minimum atomic E-state index is -0.743. The Kier molecular flexibility index (Phi) is 17.5. The monoisotopic (exact) mass is 731 g/mol. The molecule has 1 saturated heterocycles. The number of hydrogen-bond acceptors (Lipinski definition) is 8. The number of methoxy groups -OCH3 is 2. The molecule has 1 heterocycles. The summed E-state index contributed by atoms with van der Waals surface area (Å²) in [6.07, 6.45) is 1.94. The molecule has 7 atom stereocenters. The molecule has 0 aromatic heterocycles. The van der Waals surface area contributed by atoms with Crippen molar-refractivity contribution in [2.75, 3.05) is 67.8 Å². The van der Waals surface area contributed by atoms with Gasteiger partial charge in [0.2, 0.25) is 23.6 Å². The van der Waals surface area contributed by atoms with Gasteiger partial charge in [0.05, 0.1) is 42.0 Å². The fourth-order valence-corrected chi connectivity index (χ4v) is 7.73. The topological polar surface area (TPSA) is 138 Å². The summed E-state index contributed by atoms with van der Waals surface area (Å²) in [4.78, 5) is 62.6. The molecule has 3 N–H and O–H groups in total. The van der Waals surface area contributed by atoms with E-state index in [1.165, 1.54) is 0 Å². The predicted molar refractivity (Wildman–Crippen MR) is 207 cm³/mol. The molecule has 1 aliphatic rings. The number of nitrogen functional groups attached to an aromatic ring is 1. The van der Waals surface area contributed by atoms with E-state index in [4.69, 9.17) is 15.2 Å². The quantitative estimate of drug-likeness (QED) is 0.193. The minimum Gasteiger partial charge on any atom is -0.399 e. The van der Waals surface area contributed by atoms with Gasteiger partial charge in [-0.3, -0.25) is 19.2 Å². The number of nitrogens with one attached hydrogen (secondary N) is 1. The molecule has 0 unspecified atom stereocenters. The highest BCUT2D eigenvalue weighted by molar-refractivity contribution is 5.90. The molecule has 2 rings (SSSR count). The van der Waals surface area contributed by atoms with Gasteiger partial charge in [0, 0.05) is 53.6 Å². The van der Waals surface area contributed by atoms with E-state index in [1.54, 1.807) is 38.1 Å². The van der Waals surface area contributed by atoms with Gasteiger partial charge in [-0.1, -0.05) is 53.2 Å². The second-order valence-corrected chi connectivity index (χ2v) is 16.2. The van der Waals surface area contributed by atoms with Crippen LogP contribution in [0.15, 0.2) is 24.3 Å². The Labute approximate surface area is 314 Å². The third-order valence-electron chi connectivity index (χ3n) is 10.8. The van der Waals surface area contributed by atoms with E-state index in [-0.39, 0.29) is 47.9 Å². The third-order valence-corrected chi connectivity index (χ3v) is 10.8. The van der Waals surface area contributed by atoms with Crippen LogP contribution < -0.4 is 11.1 Å². The molecule has 4 amide bonds. The van der Waals surface area contributed by atoms with Crippen LogP contribution in [0.4, 0.5) is 5.69 Å². The normalized spacial score (nSPS) is 18.4. The van der Waals surface area contributed by atoms with Crippen LogP contribution in [0, 0.1) is 23.2 Å². The number of benzene rings is 1. The number of nitrogens with two attached hydrogens (primary N) is 1. The lowest BCUT2D eigenvalue weighted by atomic mass is 9.88. The van der Waals surface area contributed by atoms with Crippen LogP contribution in [0.2, 0.25) is 0 Å². The van der Waals surface area contributed by atoms with Gasteiger partial charge in [-0.15, -0.1) is 0 Å². The first-order valence-corrected chi connectivity index (χ1v) is 19.0. The van der Waals surface area contributed by atoms with Crippen molar-refractivity contribution in [3.63, 3.8) is 0 Å². The zero-order chi connectivity index (χ0) is 39.5. The Bertz CT molecular complexity index is 1320. The summed E-state index contributed by atoms with van der Waals surface area (Å²) in [7, 11) is 10.6. The van der Waals surface area contributed by atoms with E-state index in [9.17, 15) is 19.2 Å². The van der Waals surface area contributed by atoms with E-state index in [0.29, 0.717) is 31.7 Å². The molecule has 0 saturated carbocycles. The van der Waals surface area contributed by atoms with Gasteiger partial charge in [0.1, 0.15) is 6.04 Å². The van der Waals surface area contributed by atoms with Crippen LogP contribution in [0.25, 0.3) is 0 Å². The van der Waals surface area contributed by atoms with Crippen molar-refractivity contribution in [1.82, 2.24) is 24.9 Å². The number of ether oxygens (including phenoxy) is 2. The number of nitrogens with zero attached hydrogens (tertiary/aromatic N) is 4. The van der Waals surface area contributed by atoms with Crippen molar-refractivity contribution in [3.8, 4) is 0 Å². The zero-order valence-corrected chi connectivity index (χ0v) is 34.4. The number of hydrogen-bond donors (Lipinski definition) is 2. The lowest BCUT2D eigenvalue weighted by Gasteiger charge is -2.41. The molecule has 0 spiro atoms. The maximum absolute atomic E-state index is 14.2. The summed E-state index contributed by atoms with van der Waals surface area (Å²) in [6, 6.07) is 6.23. The molecule has 12 nitrogen and oxygen atoms in total. The summed E-state index contributed by atoms with van der Waals surface area (Å²) < 4.78 is 12.0. The van der Waals surface area contributed by atoms with Crippen LogP contribution in [0.5, 0.6) is 0 Å². The fraction of sp³-hybridized carbons (Fsp3) is 0.750. The number of carbonyl (C=O) groups is 4. The van der Waals surface area contributed by atoms with Crippen molar-refractivity contribution in [2.24, 2.45) is 23.2 Å². The molecule has 0 radical (unpaired) electrons. The second kappa shape index (κ2) is 20.3. The Morgan fingerprint density at radius 2 is 1.67 bits per heavy atom. The highest BCUT2D eigenvalue weighted by Crippen LogP contribution is 2.30. The molecule has 0 aliphatic carbocycles. The van der Waals surface area contributed by atoms with Gasteiger partial charge >= 0.3 is 0 Å². The number of rotatable bonds is 20. The van der Waals surface area contributed by atoms with Crippen molar-refractivity contribution in [3.05, 3.63) is 29.8 Å². The number of likely N-dealkylation sites (tertiary alicyclic amines) is 1. The Morgan fingerprint density at radius 3 is 2.21 bits per heavy atom. The SMILES string of the molecule is CC[C@H](C)[C@@H]([C@@H](CC(=O)N1CCC[C@H]1[C@H](OC)[C@@H](C)C(=O)N(C)CCc1cccc(N)c1)OC)N(C)C(=O)[C@@H](NC(=O)C(C)(C)CN(C)C)C(C)C. The van der Waals surface area contributed by atoms with Crippen LogP contribution in [0.1, 0.15) is 79.7 Å². The molecule has 1 aromatic rings. The number of amides is 4. The van der Waals surface area contributed by atoms with Gasteiger partial charge in [-0.25, -0.2) is 0 Å². The van der Waals surface area contributed by atoms with Crippen molar-refractivity contribution in [2.45, 2.75) is 111 Å². The zero-order valence-electron chi connectivity index (χ0n) is 34.4. The summed E-state index contributed by atoms with van der Waals surface area (Å²) in [5.41, 5.74) is 6.99. The van der Waals surface area contributed by atoms with Crippen LogP contribution in [-0.2, 0) is 35.1 Å². The number of anilines is 1. The Morgan fingerprint density at radius 1 is 1.02 bits per heavy atom. The lowest BCUT2D eigenvalue weighted by molar-refractivity contribution is -0.149. The first-order chi connectivity index (χ1) is 24.3. The van der Waals surface area contributed by atoms with Crippen molar-refractivity contribution >= 4 is 29.3 Å². The van der Waals surface area contributed by atoms with Gasteiger partial charge < -0.3 is 40.1 Å². The number of likely N-dealkylation sites (N-methyl/N-ethyl adjacent to an activating group) is 2. The van der Waals surface area contributed by atoms with Gasteiger partial charge in [-0.2, -0.15) is 0 Å². The first kappa shape index (κ1) is 44.9. The first-order valence-electron chi connectivity index (χ1n) is 19.0. The summed E-state index contributed by atoms with van der Waals surface area (Å²) in [6.45, 7) is 15.2. The molecular weight excluding hydrogens is 660 g/mol. The molecule has 1 aliphatic heterocycles. The maximum Gasteiger partial charge on any atom is 0.245 e. The van der Waals surface area contributed by atoms with Crippen molar-refractivity contribution < 1.29 is 28.7 Å². The molecule has 1 fully saturated rings. The highest BCUT2D eigenvalue weighted by Gasteiger charge is 2.43. The molecule has 52 heavy (non-hydrogen) atoms. The largest absolute Gasteiger partial charge is 0.399 e. The molecule has 0 bridgehead atoms. The van der Waals surface area contributed by atoms with Crippen LogP contribution >= 0.6 is 0 Å². The van der Waals surface area contributed by atoms with E-state index in [1.807, 2.05) is 82.8 Å². The van der Waals surface area contributed by atoms with E-state index < -0.39 is 35.6 Å².